The molecule has 6 heteroatoms. The summed E-state index contributed by atoms with van der Waals surface area (Å²) in [6.07, 6.45) is 3.55. The van der Waals surface area contributed by atoms with Crippen molar-refractivity contribution < 1.29 is 9.90 Å². The highest BCUT2D eigenvalue weighted by Crippen LogP contribution is 2.05. The summed E-state index contributed by atoms with van der Waals surface area (Å²) >= 11 is 0. The summed E-state index contributed by atoms with van der Waals surface area (Å²) in [5, 5.41) is 19.6. The molecule has 0 fully saturated rings. The van der Waals surface area contributed by atoms with Gasteiger partial charge < -0.3 is 10.4 Å². The van der Waals surface area contributed by atoms with Crippen molar-refractivity contribution in [3.8, 4) is 0 Å². The molecule has 0 bridgehead atoms. The van der Waals surface area contributed by atoms with Gasteiger partial charge >= 0.3 is 5.97 Å². The molecule has 0 radical (unpaired) electrons. The van der Waals surface area contributed by atoms with E-state index in [0.29, 0.717) is 0 Å². The summed E-state index contributed by atoms with van der Waals surface area (Å²) in [7, 11) is 0. The van der Waals surface area contributed by atoms with Crippen LogP contribution in [0.25, 0.3) is 0 Å². The highest BCUT2D eigenvalue weighted by atomic mass is 16.4. The average Bonchev–Trinajstić information content (AvgIpc) is 2.89. The smallest absolute Gasteiger partial charge is 0.307 e. The van der Waals surface area contributed by atoms with Crippen molar-refractivity contribution in [3.05, 3.63) is 47.8 Å². The minimum atomic E-state index is -0.807. The first-order valence-corrected chi connectivity index (χ1v) is 6.08. The van der Waals surface area contributed by atoms with Crippen LogP contribution in [-0.4, -0.2) is 32.6 Å². The Morgan fingerprint density at radius 1 is 1.26 bits per heavy atom. The van der Waals surface area contributed by atoms with Gasteiger partial charge in [0.1, 0.15) is 0 Å². The molecule has 0 spiro atoms. The van der Waals surface area contributed by atoms with Gasteiger partial charge in [-0.1, -0.05) is 29.5 Å². The maximum Gasteiger partial charge on any atom is 0.307 e. The van der Waals surface area contributed by atoms with Crippen LogP contribution < -0.4 is 5.32 Å². The monoisotopic (exact) mass is 260 g/mol. The van der Waals surface area contributed by atoms with E-state index < -0.39 is 5.97 Å². The molecule has 0 atom stereocenters. The summed E-state index contributed by atoms with van der Waals surface area (Å²) < 4.78 is 1.77. The zero-order chi connectivity index (χ0) is 13.5. The quantitative estimate of drug-likeness (QED) is 0.716. The molecule has 1 aromatic heterocycles. The highest BCUT2D eigenvalue weighted by Gasteiger charge is 2.00. The summed E-state index contributed by atoms with van der Waals surface area (Å²) in [4.78, 5) is 10.6. The number of carbonyl (C=O) groups is 1. The maximum atomic E-state index is 10.6. The lowest BCUT2D eigenvalue weighted by Crippen LogP contribution is -2.19. The highest BCUT2D eigenvalue weighted by molar-refractivity contribution is 5.70. The van der Waals surface area contributed by atoms with Gasteiger partial charge in [-0.2, -0.15) is 0 Å². The fourth-order valence-electron chi connectivity index (χ4n) is 1.73. The molecule has 2 N–H and O–H groups in total. The third-order valence-electron chi connectivity index (χ3n) is 2.70. The largest absolute Gasteiger partial charge is 0.481 e. The van der Waals surface area contributed by atoms with Crippen LogP contribution in [0.2, 0.25) is 0 Å². The van der Waals surface area contributed by atoms with E-state index in [2.05, 4.69) is 15.6 Å². The first kappa shape index (κ1) is 13.2. The van der Waals surface area contributed by atoms with Crippen LogP contribution in [0.15, 0.2) is 36.7 Å². The minimum absolute atomic E-state index is 0.0695. The van der Waals surface area contributed by atoms with Crippen LogP contribution in [0.5, 0.6) is 0 Å². The number of carboxylic acids is 1. The summed E-state index contributed by atoms with van der Waals surface area (Å²) in [5.74, 6) is -0.807. The standard InChI is InChI=1S/C13H16N4O2/c18-13(19)9-11-1-3-12(4-2-11)10-14-5-7-17-8-6-15-16-17/h1-4,6,8,14H,5,7,9-10H2,(H,18,19). The van der Waals surface area contributed by atoms with Gasteiger partial charge in [0.2, 0.25) is 0 Å². The van der Waals surface area contributed by atoms with Crippen molar-refractivity contribution in [1.29, 1.82) is 0 Å². The van der Waals surface area contributed by atoms with E-state index in [0.717, 1.165) is 30.8 Å². The fourth-order valence-corrected chi connectivity index (χ4v) is 1.73. The molecule has 19 heavy (non-hydrogen) atoms. The third kappa shape index (κ3) is 4.51. The van der Waals surface area contributed by atoms with Gasteiger partial charge in [0, 0.05) is 19.3 Å². The first-order chi connectivity index (χ1) is 9.24. The molecule has 0 saturated carbocycles. The summed E-state index contributed by atoms with van der Waals surface area (Å²) in [6, 6.07) is 7.59. The fraction of sp³-hybridized carbons (Fsp3) is 0.308. The predicted octanol–water partition coefficient (Wildman–Crippen LogP) is 0.695. The molecule has 6 nitrogen and oxygen atoms in total. The number of rotatable bonds is 7. The van der Waals surface area contributed by atoms with Crippen molar-refractivity contribution in [3.63, 3.8) is 0 Å². The SMILES string of the molecule is O=C(O)Cc1ccc(CNCCn2ccnn2)cc1. The number of aliphatic carboxylic acids is 1. The lowest BCUT2D eigenvalue weighted by molar-refractivity contribution is -0.136. The molecule has 100 valence electrons. The first-order valence-electron chi connectivity index (χ1n) is 6.08. The normalized spacial score (nSPS) is 10.5. The van der Waals surface area contributed by atoms with Crippen LogP contribution >= 0.6 is 0 Å². The second-order valence-electron chi connectivity index (χ2n) is 4.23. The van der Waals surface area contributed by atoms with Crippen LogP contribution in [0.4, 0.5) is 0 Å². The Kier molecular flexibility index (Phi) is 4.63. The molecule has 1 heterocycles. The Bertz CT molecular complexity index is 508. The van der Waals surface area contributed by atoms with E-state index in [1.807, 2.05) is 30.5 Å². The Hall–Kier alpha value is -2.21. The number of benzene rings is 1. The molecule has 0 aliphatic heterocycles. The number of hydrogen-bond donors (Lipinski definition) is 2. The number of nitrogens with one attached hydrogen (secondary N) is 1. The van der Waals surface area contributed by atoms with E-state index in [-0.39, 0.29) is 6.42 Å². The van der Waals surface area contributed by atoms with E-state index in [4.69, 9.17) is 5.11 Å². The van der Waals surface area contributed by atoms with Gasteiger partial charge in [0.05, 0.1) is 19.2 Å². The second kappa shape index (κ2) is 6.65. The number of aromatic nitrogens is 3. The van der Waals surface area contributed by atoms with Crippen molar-refractivity contribution in [2.24, 2.45) is 0 Å². The molecular weight excluding hydrogens is 244 g/mol. The summed E-state index contributed by atoms with van der Waals surface area (Å²) in [5.41, 5.74) is 1.95. The van der Waals surface area contributed by atoms with Gasteiger partial charge in [-0.05, 0) is 11.1 Å². The van der Waals surface area contributed by atoms with Crippen molar-refractivity contribution in [2.45, 2.75) is 19.5 Å². The van der Waals surface area contributed by atoms with Gasteiger partial charge in [-0.25, -0.2) is 0 Å². The lowest BCUT2D eigenvalue weighted by atomic mass is 10.1. The molecule has 1 aromatic carbocycles. The number of nitrogens with zero attached hydrogens (tertiary/aromatic N) is 3. The molecule has 0 unspecified atom stereocenters. The number of carboxylic acid groups (broad SMARTS) is 1. The molecule has 2 rings (SSSR count). The molecule has 0 amide bonds. The van der Waals surface area contributed by atoms with E-state index in [9.17, 15) is 4.79 Å². The van der Waals surface area contributed by atoms with Crippen molar-refractivity contribution in [2.75, 3.05) is 6.54 Å². The van der Waals surface area contributed by atoms with Crippen molar-refractivity contribution >= 4 is 5.97 Å². The Balaban J connectivity index is 1.72. The molecular formula is C13H16N4O2. The topological polar surface area (TPSA) is 80.0 Å². The van der Waals surface area contributed by atoms with Crippen LogP contribution in [0, 0.1) is 0 Å². The lowest BCUT2D eigenvalue weighted by Gasteiger charge is -2.05. The Labute approximate surface area is 111 Å². The molecule has 0 aliphatic carbocycles. The Morgan fingerprint density at radius 3 is 2.63 bits per heavy atom. The molecule has 0 saturated heterocycles. The second-order valence-corrected chi connectivity index (χ2v) is 4.23. The van der Waals surface area contributed by atoms with Crippen LogP contribution in [0.1, 0.15) is 11.1 Å². The van der Waals surface area contributed by atoms with E-state index in [1.165, 1.54) is 0 Å². The van der Waals surface area contributed by atoms with Gasteiger partial charge in [-0.3, -0.25) is 9.48 Å². The van der Waals surface area contributed by atoms with Gasteiger partial charge in [0.15, 0.2) is 0 Å². The van der Waals surface area contributed by atoms with Crippen LogP contribution in [0.3, 0.4) is 0 Å². The summed E-state index contributed by atoms with van der Waals surface area (Å²) in [6.45, 7) is 2.33. The van der Waals surface area contributed by atoms with E-state index in [1.54, 1.807) is 10.9 Å². The molecule has 2 aromatic rings. The maximum absolute atomic E-state index is 10.6. The van der Waals surface area contributed by atoms with Gasteiger partial charge in [0.25, 0.3) is 0 Å². The third-order valence-corrected chi connectivity index (χ3v) is 2.70. The average molecular weight is 260 g/mol. The van der Waals surface area contributed by atoms with E-state index >= 15 is 0 Å². The van der Waals surface area contributed by atoms with Gasteiger partial charge in [-0.15, -0.1) is 5.10 Å². The zero-order valence-electron chi connectivity index (χ0n) is 10.5. The Morgan fingerprint density at radius 2 is 2.00 bits per heavy atom. The molecule has 0 aliphatic rings. The number of hydrogen-bond acceptors (Lipinski definition) is 4. The zero-order valence-corrected chi connectivity index (χ0v) is 10.5. The van der Waals surface area contributed by atoms with Crippen molar-refractivity contribution in [1.82, 2.24) is 20.3 Å². The van der Waals surface area contributed by atoms with Crippen LogP contribution in [-0.2, 0) is 24.3 Å². The minimum Gasteiger partial charge on any atom is -0.481 e. The predicted molar refractivity (Wildman–Crippen MR) is 69.5 cm³/mol.